The minimum absolute atomic E-state index is 0.0435. The highest BCUT2D eigenvalue weighted by molar-refractivity contribution is 7.88. The third-order valence-electron chi connectivity index (χ3n) is 6.72. The number of hydrogen-bond acceptors (Lipinski definition) is 4. The van der Waals surface area contributed by atoms with Gasteiger partial charge < -0.3 is 0 Å². The van der Waals surface area contributed by atoms with Crippen molar-refractivity contribution in [3.05, 3.63) is 77.2 Å². The van der Waals surface area contributed by atoms with Crippen molar-refractivity contribution in [2.75, 3.05) is 6.54 Å². The fraction of sp³-hybridized carbons (Fsp3) is 0.333. The predicted molar refractivity (Wildman–Crippen MR) is 116 cm³/mol. The first-order valence-corrected chi connectivity index (χ1v) is 12.0. The van der Waals surface area contributed by atoms with Gasteiger partial charge in [-0.25, -0.2) is 12.8 Å². The van der Waals surface area contributed by atoms with Gasteiger partial charge in [-0.3, -0.25) is 4.98 Å². The zero-order valence-electron chi connectivity index (χ0n) is 17.0. The number of nitrogens with zero attached hydrogens (tertiary/aromatic N) is 3. The lowest BCUT2D eigenvalue weighted by atomic mass is 9.77. The number of aromatic nitrogens is 1. The van der Waals surface area contributed by atoms with Gasteiger partial charge in [-0.15, -0.1) is 0 Å². The van der Waals surface area contributed by atoms with E-state index < -0.39 is 10.0 Å². The molecule has 1 aliphatic carbocycles. The maximum atomic E-state index is 13.8. The standard InChI is InChI=1S/C24H22FN3O2S/c25-20-5-6-23-22(13-20)21(9-12-27-23)19-7-10-24(11-8-19)16-28(24)31(29,30)15-18-3-1-17(14-26)2-4-18/h1-6,9,12-13,19H,7-8,10-11,15-16H2. The molecule has 2 aliphatic rings. The second-order valence-electron chi connectivity index (χ2n) is 8.63. The number of halogens is 1. The van der Waals surface area contributed by atoms with Crippen molar-refractivity contribution in [3.63, 3.8) is 0 Å². The smallest absolute Gasteiger partial charge is 0.218 e. The molecule has 0 radical (unpaired) electrons. The summed E-state index contributed by atoms with van der Waals surface area (Å²) in [4.78, 5) is 4.34. The Morgan fingerprint density at radius 3 is 2.58 bits per heavy atom. The van der Waals surface area contributed by atoms with Gasteiger partial charge in [0.25, 0.3) is 0 Å². The summed E-state index contributed by atoms with van der Waals surface area (Å²) in [5.41, 5.74) is 2.84. The van der Waals surface area contributed by atoms with Crippen LogP contribution in [-0.2, 0) is 15.8 Å². The van der Waals surface area contributed by atoms with E-state index in [2.05, 4.69) is 4.98 Å². The Morgan fingerprint density at radius 2 is 1.87 bits per heavy atom. The zero-order chi connectivity index (χ0) is 21.6. The van der Waals surface area contributed by atoms with Crippen LogP contribution in [0.4, 0.5) is 4.39 Å². The van der Waals surface area contributed by atoms with E-state index in [4.69, 9.17) is 5.26 Å². The highest BCUT2D eigenvalue weighted by atomic mass is 32.2. The molecular weight excluding hydrogens is 413 g/mol. The highest BCUT2D eigenvalue weighted by Gasteiger charge is 2.58. The first kappa shape index (κ1) is 20.1. The van der Waals surface area contributed by atoms with Crippen molar-refractivity contribution >= 4 is 20.9 Å². The Bertz CT molecular complexity index is 1290. The number of fused-ring (bicyclic) bond motifs is 1. The van der Waals surface area contributed by atoms with Gasteiger partial charge in [-0.1, -0.05) is 12.1 Å². The van der Waals surface area contributed by atoms with Crippen molar-refractivity contribution < 1.29 is 12.8 Å². The van der Waals surface area contributed by atoms with Gasteiger partial charge in [-0.2, -0.15) is 9.57 Å². The first-order chi connectivity index (χ1) is 14.9. The van der Waals surface area contributed by atoms with Crippen LogP contribution in [0.2, 0.25) is 0 Å². The van der Waals surface area contributed by atoms with Crippen LogP contribution >= 0.6 is 0 Å². The van der Waals surface area contributed by atoms with Gasteiger partial charge in [0, 0.05) is 23.7 Å². The third-order valence-corrected chi connectivity index (χ3v) is 8.61. The average Bonchev–Trinajstić information content (AvgIpc) is 3.49. The molecule has 5 rings (SSSR count). The van der Waals surface area contributed by atoms with E-state index in [1.807, 2.05) is 12.1 Å². The summed E-state index contributed by atoms with van der Waals surface area (Å²) in [6.07, 6.45) is 5.13. The molecule has 5 nitrogen and oxygen atoms in total. The second kappa shape index (κ2) is 7.40. The van der Waals surface area contributed by atoms with E-state index in [0.29, 0.717) is 17.7 Å². The van der Waals surface area contributed by atoms with Crippen LogP contribution in [0.5, 0.6) is 0 Å². The lowest BCUT2D eigenvalue weighted by Gasteiger charge is -2.30. The van der Waals surface area contributed by atoms with Crippen LogP contribution in [0.3, 0.4) is 0 Å². The molecule has 1 aliphatic heterocycles. The summed E-state index contributed by atoms with van der Waals surface area (Å²) in [6, 6.07) is 15.4. The lowest BCUT2D eigenvalue weighted by molar-refractivity contribution is 0.336. The van der Waals surface area contributed by atoms with Crippen LogP contribution in [0.1, 0.15) is 48.3 Å². The molecule has 2 fully saturated rings. The van der Waals surface area contributed by atoms with E-state index in [1.165, 1.54) is 6.07 Å². The Hall–Kier alpha value is -2.82. The molecule has 1 spiro atoms. The van der Waals surface area contributed by atoms with Crippen molar-refractivity contribution in [2.24, 2.45) is 0 Å². The maximum Gasteiger partial charge on any atom is 0.218 e. The average molecular weight is 436 g/mol. The maximum absolute atomic E-state index is 13.8. The van der Waals surface area contributed by atoms with Crippen molar-refractivity contribution in [1.29, 1.82) is 5.26 Å². The van der Waals surface area contributed by atoms with Crippen LogP contribution < -0.4 is 0 Å². The van der Waals surface area contributed by atoms with Gasteiger partial charge in [0.1, 0.15) is 5.82 Å². The minimum atomic E-state index is -3.40. The van der Waals surface area contributed by atoms with E-state index in [-0.39, 0.29) is 23.0 Å². The van der Waals surface area contributed by atoms with Crippen LogP contribution in [0.15, 0.2) is 54.7 Å². The van der Waals surface area contributed by atoms with Crippen LogP contribution in [-0.4, -0.2) is 29.8 Å². The molecule has 7 heteroatoms. The lowest BCUT2D eigenvalue weighted by Crippen LogP contribution is -2.29. The number of pyridine rings is 1. The summed E-state index contributed by atoms with van der Waals surface area (Å²) >= 11 is 0. The van der Waals surface area contributed by atoms with Gasteiger partial charge in [0.05, 0.1) is 22.9 Å². The van der Waals surface area contributed by atoms with Gasteiger partial charge in [-0.05, 0) is 79.1 Å². The highest BCUT2D eigenvalue weighted by Crippen LogP contribution is 2.51. The molecule has 1 unspecified atom stereocenters. The van der Waals surface area contributed by atoms with E-state index >= 15 is 0 Å². The summed E-state index contributed by atoms with van der Waals surface area (Å²) in [6.45, 7) is 0.573. The molecule has 3 aromatic rings. The number of rotatable bonds is 4. The van der Waals surface area contributed by atoms with Crippen molar-refractivity contribution in [2.45, 2.75) is 42.9 Å². The summed E-state index contributed by atoms with van der Waals surface area (Å²) in [5, 5.41) is 9.75. The van der Waals surface area contributed by atoms with Gasteiger partial charge in [0.2, 0.25) is 10.0 Å². The fourth-order valence-electron chi connectivity index (χ4n) is 4.96. The number of hydrogen-bond donors (Lipinski definition) is 0. The molecule has 1 atom stereocenters. The first-order valence-electron chi connectivity index (χ1n) is 10.4. The predicted octanol–water partition coefficient (Wildman–Crippen LogP) is 4.49. The molecular formula is C24H22FN3O2S. The Kier molecular flexibility index (Phi) is 4.80. The third kappa shape index (κ3) is 3.71. The number of sulfonamides is 1. The van der Waals surface area contributed by atoms with E-state index in [0.717, 1.165) is 42.1 Å². The largest absolute Gasteiger partial charge is 0.256 e. The topological polar surface area (TPSA) is 73.8 Å². The Labute approximate surface area is 181 Å². The molecule has 0 bridgehead atoms. The van der Waals surface area contributed by atoms with E-state index in [9.17, 15) is 12.8 Å². The summed E-state index contributed by atoms with van der Waals surface area (Å²) in [5.74, 6) is -0.0316. The fourth-order valence-corrected chi connectivity index (χ4v) is 6.94. The van der Waals surface area contributed by atoms with E-state index in [1.54, 1.807) is 46.9 Å². The summed E-state index contributed by atoms with van der Waals surface area (Å²) < 4.78 is 41.4. The molecule has 0 amide bonds. The van der Waals surface area contributed by atoms with Crippen LogP contribution in [0.25, 0.3) is 10.9 Å². The SMILES string of the molecule is N#Cc1ccc(CS(=O)(=O)N2CC23CCC(c2ccnc4ccc(F)cc24)CC3)cc1. The van der Waals surface area contributed by atoms with Gasteiger partial charge >= 0.3 is 0 Å². The quantitative estimate of drug-likeness (QED) is 0.566. The Balaban J connectivity index is 1.29. The molecule has 1 saturated heterocycles. The molecule has 2 aromatic carbocycles. The molecule has 31 heavy (non-hydrogen) atoms. The van der Waals surface area contributed by atoms with Crippen molar-refractivity contribution in [3.8, 4) is 6.07 Å². The van der Waals surface area contributed by atoms with Crippen molar-refractivity contribution in [1.82, 2.24) is 9.29 Å². The Morgan fingerprint density at radius 1 is 1.13 bits per heavy atom. The van der Waals surface area contributed by atoms with Gasteiger partial charge in [0.15, 0.2) is 0 Å². The monoisotopic (exact) mass is 435 g/mol. The molecule has 0 N–H and O–H groups in total. The number of benzene rings is 2. The minimum Gasteiger partial charge on any atom is -0.256 e. The van der Waals surface area contributed by atoms with Crippen LogP contribution in [0, 0.1) is 17.1 Å². The second-order valence-corrected chi connectivity index (χ2v) is 10.5. The number of nitriles is 1. The molecule has 1 saturated carbocycles. The zero-order valence-corrected chi connectivity index (χ0v) is 17.8. The summed E-state index contributed by atoms with van der Waals surface area (Å²) in [7, 11) is -3.40. The molecule has 1 aromatic heterocycles. The normalized spacial score (nSPS) is 25.4. The molecule has 2 heterocycles. The molecule has 158 valence electrons.